The highest BCUT2D eigenvalue weighted by Crippen LogP contribution is 2.38. The second kappa shape index (κ2) is 8.01. The number of ether oxygens (including phenoxy) is 1. The first kappa shape index (κ1) is 19.5. The van der Waals surface area contributed by atoms with Gasteiger partial charge < -0.3 is 9.64 Å². The Morgan fingerprint density at radius 2 is 1.84 bits per heavy atom. The molecule has 158 valence electrons. The normalized spacial score (nSPS) is 16.0. The fourth-order valence-electron chi connectivity index (χ4n) is 3.74. The maximum absolute atomic E-state index is 11.9. The fourth-order valence-corrected chi connectivity index (χ4v) is 3.92. The van der Waals surface area contributed by atoms with Gasteiger partial charge in [0.2, 0.25) is 0 Å². The molecule has 1 aromatic heterocycles. The lowest BCUT2D eigenvalue weighted by molar-refractivity contribution is 0.173. The van der Waals surface area contributed by atoms with Crippen molar-refractivity contribution in [1.82, 2.24) is 25.0 Å². The Kier molecular flexibility index (Phi) is 5.05. The second-order valence-corrected chi connectivity index (χ2v) is 7.80. The van der Waals surface area contributed by atoms with Gasteiger partial charge in [-0.25, -0.2) is 14.9 Å². The van der Waals surface area contributed by atoms with E-state index >= 15 is 0 Å². The summed E-state index contributed by atoms with van der Waals surface area (Å²) in [7, 11) is 0. The van der Waals surface area contributed by atoms with Gasteiger partial charge in [0, 0.05) is 37.7 Å². The van der Waals surface area contributed by atoms with Crippen molar-refractivity contribution >= 4 is 23.1 Å². The number of para-hydroxylation sites is 2. The molecule has 1 saturated heterocycles. The third-order valence-corrected chi connectivity index (χ3v) is 5.56. The van der Waals surface area contributed by atoms with Gasteiger partial charge >= 0.3 is 5.69 Å². The summed E-state index contributed by atoms with van der Waals surface area (Å²) in [6, 6.07) is 13.2. The minimum absolute atomic E-state index is 0.291. The number of hydrogen-bond donors (Lipinski definition) is 2. The molecule has 2 aromatic carbocycles. The van der Waals surface area contributed by atoms with Crippen LogP contribution >= 0.6 is 11.6 Å². The monoisotopic (exact) mass is 438 g/mol. The van der Waals surface area contributed by atoms with Gasteiger partial charge in [-0.2, -0.15) is 5.10 Å². The van der Waals surface area contributed by atoms with Crippen molar-refractivity contribution < 1.29 is 4.74 Å². The predicted octanol–water partition coefficient (Wildman–Crippen LogP) is 2.11. The number of aromatic amines is 2. The molecule has 0 bridgehead atoms. The number of halogens is 1. The van der Waals surface area contributed by atoms with Crippen LogP contribution in [0.25, 0.3) is 0 Å². The molecule has 2 aliphatic heterocycles. The highest BCUT2D eigenvalue weighted by atomic mass is 35.5. The summed E-state index contributed by atoms with van der Waals surface area (Å²) in [6.45, 7) is 3.18. The molecule has 5 rings (SSSR count). The molecule has 2 aliphatic rings. The number of nitrogens with zero attached hydrogens (tertiary/aromatic N) is 4. The summed E-state index contributed by atoms with van der Waals surface area (Å²) in [6.07, 6.45) is 0. The molecule has 0 spiro atoms. The summed E-state index contributed by atoms with van der Waals surface area (Å²) in [5, 5.41) is 6.76. The van der Waals surface area contributed by atoms with Gasteiger partial charge in [-0.15, -0.1) is 0 Å². The molecule has 9 nitrogen and oxygen atoms in total. The van der Waals surface area contributed by atoms with E-state index in [1.54, 1.807) is 6.07 Å². The quantitative estimate of drug-likeness (QED) is 0.634. The third kappa shape index (κ3) is 3.97. The lowest BCUT2D eigenvalue weighted by Crippen LogP contribution is -2.49. The average molecular weight is 439 g/mol. The van der Waals surface area contributed by atoms with Gasteiger partial charge in [-0.1, -0.05) is 23.7 Å². The molecule has 10 heteroatoms. The van der Waals surface area contributed by atoms with Crippen molar-refractivity contribution in [3.05, 3.63) is 79.6 Å². The number of H-pyrrole nitrogens is 2. The van der Waals surface area contributed by atoms with Crippen molar-refractivity contribution in [3.8, 4) is 11.5 Å². The van der Waals surface area contributed by atoms with Crippen LogP contribution in [0.15, 0.2) is 57.0 Å². The summed E-state index contributed by atoms with van der Waals surface area (Å²) in [5.41, 5.74) is 0.827. The molecule has 3 heterocycles. The van der Waals surface area contributed by atoms with E-state index in [-0.39, 0.29) is 0 Å². The van der Waals surface area contributed by atoms with E-state index in [9.17, 15) is 9.59 Å². The summed E-state index contributed by atoms with van der Waals surface area (Å²) < 4.78 is 6.12. The van der Waals surface area contributed by atoms with Gasteiger partial charge in [-0.05, 0) is 30.3 Å². The number of aliphatic imine (C=N–C) groups is 1. The Balaban J connectivity index is 1.40. The number of nitrogens with one attached hydrogen (secondary N) is 2. The number of piperazine rings is 1. The van der Waals surface area contributed by atoms with Crippen LogP contribution in [0.1, 0.15) is 11.3 Å². The Morgan fingerprint density at radius 3 is 2.65 bits per heavy atom. The average Bonchev–Trinajstić information content (AvgIpc) is 2.93. The first-order valence-corrected chi connectivity index (χ1v) is 10.3. The molecule has 0 atom stereocenters. The zero-order valence-electron chi connectivity index (χ0n) is 16.5. The van der Waals surface area contributed by atoms with Crippen LogP contribution in [0.2, 0.25) is 5.02 Å². The van der Waals surface area contributed by atoms with Crippen molar-refractivity contribution in [2.24, 2.45) is 4.99 Å². The number of fused-ring (bicyclic) bond motifs is 2. The minimum Gasteiger partial charge on any atom is -0.454 e. The highest BCUT2D eigenvalue weighted by Gasteiger charge is 2.26. The predicted molar refractivity (Wildman–Crippen MR) is 116 cm³/mol. The van der Waals surface area contributed by atoms with Crippen LogP contribution in [-0.4, -0.2) is 57.0 Å². The standard InChI is InChI=1S/C21H19ClN6O3/c22-13-5-6-17-14(11-13)19(23-15-3-1-2-4-18(15)31-17)28-9-7-27(8-10-28)12-16-20(29)24-21(30)26-25-16/h1-6,11H,7-10,12H2,(H2,24,26,29,30). The van der Waals surface area contributed by atoms with E-state index in [1.807, 2.05) is 36.4 Å². The van der Waals surface area contributed by atoms with Gasteiger partial charge in [-0.3, -0.25) is 14.7 Å². The summed E-state index contributed by atoms with van der Waals surface area (Å²) in [5.74, 6) is 2.21. The SMILES string of the molecule is O=c1[nH]nc(CN2CCN(C3=Nc4ccccc4Oc4ccc(Cl)cc43)CC2)c(=O)[nH]1. The van der Waals surface area contributed by atoms with Crippen LogP contribution in [0.5, 0.6) is 11.5 Å². The molecule has 0 aliphatic carbocycles. The zero-order chi connectivity index (χ0) is 21.4. The molecule has 1 fully saturated rings. The number of amidine groups is 1. The first-order valence-electron chi connectivity index (χ1n) is 9.87. The van der Waals surface area contributed by atoms with Crippen molar-refractivity contribution in [1.29, 1.82) is 0 Å². The fraction of sp³-hybridized carbons (Fsp3) is 0.238. The Bertz CT molecular complexity index is 1280. The van der Waals surface area contributed by atoms with Crippen LogP contribution < -0.4 is 16.0 Å². The van der Waals surface area contributed by atoms with Crippen molar-refractivity contribution in [2.75, 3.05) is 26.2 Å². The maximum atomic E-state index is 11.9. The molecular weight excluding hydrogens is 420 g/mol. The van der Waals surface area contributed by atoms with E-state index < -0.39 is 11.2 Å². The van der Waals surface area contributed by atoms with Crippen LogP contribution in [0.4, 0.5) is 5.69 Å². The van der Waals surface area contributed by atoms with E-state index in [1.165, 1.54) is 0 Å². The largest absolute Gasteiger partial charge is 0.454 e. The third-order valence-electron chi connectivity index (χ3n) is 5.32. The molecule has 0 amide bonds. The number of rotatable bonds is 2. The number of aromatic nitrogens is 3. The highest BCUT2D eigenvalue weighted by molar-refractivity contribution is 6.31. The van der Waals surface area contributed by atoms with Gasteiger partial charge in [0.1, 0.15) is 23.0 Å². The number of benzene rings is 2. The van der Waals surface area contributed by atoms with Crippen LogP contribution in [0, 0.1) is 0 Å². The molecule has 0 saturated carbocycles. The number of hydrogen-bond acceptors (Lipinski definition) is 7. The molecular formula is C21H19ClN6O3. The van der Waals surface area contributed by atoms with E-state index in [4.69, 9.17) is 21.3 Å². The summed E-state index contributed by atoms with van der Waals surface area (Å²) in [4.78, 5) is 34.5. The van der Waals surface area contributed by atoms with E-state index in [0.29, 0.717) is 54.9 Å². The van der Waals surface area contributed by atoms with Crippen LogP contribution in [-0.2, 0) is 6.54 Å². The Morgan fingerprint density at radius 1 is 1.03 bits per heavy atom. The van der Waals surface area contributed by atoms with E-state index in [0.717, 1.165) is 17.1 Å². The molecule has 0 radical (unpaired) electrons. The van der Waals surface area contributed by atoms with Crippen LogP contribution in [0.3, 0.4) is 0 Å². The zero-order valence-corrected chi connectivity index (χ0v) is 17.2. The summed E-state index contributed by atoms with van der Waals surface area (Å²) >= 11 is 6.28. The Labute approximate surface area is 182 Å². The van der Waals surface area contributed by atoms with Gasteiger partial charge in [0.05, 0.1) is 5.56 Å². The van der Waals surface area contributed by atoms with Crippen molar-refractivity contribution in [3.63, 3.8) is 0 Å². The molecule has 31 heavy (non-hydrogen) atoms. The Hall–Kier alpha value is -3.43. The lowest BCUT2D eigenvalue weighted by atomic mass is 10.1. The van der Waals surface area contributed by atoms with Crippen molar-refractivity contribution in [2.45, 2.75) is 6.54 Å². The second-order valence-electron chi connectivity index (χ2n) is 7.36. The first-order chi connectivity index (χ1) is 15.1. The smallest absolute Gasteiger partial charge is 0.342 e. The molecule has 2 N–H and O–H groups in total. The molecule has 0 unspecified atom stereocenters. The van der Waals surface area contributed by atoms with Gasteiger partial charge in [0.15, 0.2) is 5.75 Å². The lowest BCUT2D eigenvalue weighted by Gasteiger charge is -2.36. The molecule has 3 aromatic rings. The topological polar surface area (TPSA) is 107 Å². The van der Waals surface area contributed by atoms with Gasteiger partial charge in [0.25, 0.3) is 5.56 Å². The maximum Gasteiger partial charge on any atom is 0.342 e. The minimum atomic E-state index is -0.607. The van der Waals surface area contributed by atoms with E-state index in [2.05, 4.69) is 25.0 Å².